The number of amides is 3. The molecule has 1 aromatic heterocycles. The molecule has 0 saturated carbocycles. The molecule has 0 aliphatic carbocycles. The summed E-state index contributed by atoms with van der Waals surface area (Å²) < 4.78 is 1.28. The molecule has 4 aliphatic rings. The van der Waals surface area contributed by atoms with Crippen LogP contribution < -0.4 is 16.4 Å². The van der Waals surface area contributed by atoms with Crippen LogP contribution in [0.15, 0.2) is 16.9 Å². The van der Waals surface area contributed by atoms with Crippen LogP contribution in [-0.4, -0.2) is 108 Å². The van der Waals surface area contributed by atoms with E-state index in [4.69, 9.17) is 5.73 Å². The molecule has 0 aromatic carbocycles. The first kappa shape index (κ1) is 26.6. The number of likely N-dealkylation sites (tertiary alicyclic amines) is 1. The lowest BCUT2D eigenvalue weighted by Gasteiger charge is -2.47. The Morgan fingerprint density at radius 2 is 2.16 bits per heavy atom. The van der Waals surface area contributed by atoms with Gasteiger partial charge in [0.15, 0.2) is 0 Å². The van der Waals surface area contributed by atoms with Gasteiger partial charge in [-0.3, -0.25) is 14.4 Å². The molecule has 0 bridgehead atoms. The highest BCUT2D eigenvalue weighted by Gasteiger charge is 2.60. The van der Waals surface area contributed by atoms with Crippen LogP contribution in [0.4, 0.5) is 0 Å². The molecule has 15 heteroatoms. The zero-order valence-electron chi connectivity index (χ0n) is 21.3. The second-order valence-corrected chi connectivity index (χ2v) is 11.7. The van der Waals surface area contributed by atoms with Crippen LogP contribution in [0, 0.1) is 11.8 Å². The van der Waals surface area contributed by atoms with Crippen LogP contribution in [0.2, 0.25) is 0 Å². The van der Waals surface area contributed by atoms with Gasteiger partial charge in [0.25, 0.3) is 0 Å². The summed E-state index contributed by atoms with van der Waals surface area (Å²) in [5.74, 6) is -2.52. The van der Waals surface area contributed by atoms with E-state index in [-0.39, 0.29) is 59.3 Å². The Kier molecular flexibility index (Phi) is 7.42. The number of tetrazole rings is 1. The van der Waals surface area contributed by atoms with Gasteiger partial charge in [-0.25, -0.2) is 9.48 Å². The molecule has 3 amide bonds. The first-order valence-electron chi connectivity index (χ1n) is 12.9. The van der Waals surface area contributed by atoms with Crippen molar-refractivity contribution in [3.05, 3.63) is 16.9 Å². The monoisotopic (exact) mass is 547 g/mol. The number of carbonyl (C=O) groups excluding carboxylic acids is 3. The lowest BCUT2D eigenvalue weighted by Crippen LogP contribution is -2.66. The van der Waals surface area contributed by atoms with Crippen molar-refractivity contribution in [3.63, 3.8) is 0 Å². The van der Waals surface area contributed by atoms with Crippen LogP contribution in [0.25, 0.3) is 0 Å². The summed E-state index contributed by atoms with van der Waals surface area (Å²) in [5, 5.41) is 26.8. The number of aromatic nitrogens is 4. The Morgan fingerprint density at radius 1 is 1.37 bits per heavy atom. The molecule has 0 unspecified atom stereocenters. The van der Waals surface area contributed by atoms with E-state index >= 15 is 0 Å². The molecule has 5 rings (SSSR count). The van der Waals surface area contributed by atoms with Crippen molar-refractivity contribution in [1.29, 1.82) is 0 Å². The highest BCUT2D eigenvalue weighted by molar-refractivity contribution is 8.03. The molecular formula is C23H33N9O5S. The van der Waals surface area contributed by atoms with Gasteiger partial charge in [0, 0.05) is 47.8 Å². The summed E-state index contributed by atoms with van der Waals surface area (Å²) in [4.78, 5) is 54.8. The first-order valence-corrected chi connectivity index (χ1v) is 13.8. The largest absolute Gasteiger partial charge is 0.477 e. The molecule has 0 spiro atoms. The minimum absolute atomic E-state index is 0.00431. The van der Waals surface area contributed by atoms with E-state index in [1.54, 1.807) is 6.92 Å². The number of rotatable bonds is 9. The van der Waals surface area contributed by atoms with Crippen molar-refractivity contribution in [1.82, 2.24) is 40.6 Å². The lowest BCUT2D eigenvalue weighted by molar-refractivity contribution is -0.158. The predicted molar refractivity (Wildman–Crippen MR) is 135 cm³/mol. The maximum absolute atomic E-state index is 13.1. The van der Waals surface area contributed by atoms with Gasteiger partial charge in [-0.05, 0) is 36.6 Å². The van der Waals surface area contributed by atoms with Gasteiger partial charge in [0.1, 0.15) is 18.6 Å². The molecule has 3 fully saturated rings. The number of carboxylic acid groups (broad SMARTS) is 1. The van der Waals surface area contributed by atoms with Crippen molar-refractivity contribution >= 4 is 35.5 Å². The smallest absolute Gasteiger partial charge is 0.353 e. The number of hydrogen-bond donors (Lipinski definition) is 4. The standard InChI is InChI=1S/C23H33N9O5S/c1-11-18-17(12(2)27-16(33)9-30-10-26-28-29-30)22(35)32(18)19(23(36)37)20(11)38-14-6-15(25-8-14)21(34)31-5-3-4-13(31)7-24/h10-15,17-18,25H,3-9,24H2,1-2H3,(H,27,33)(H,36,37)/t11-,12-,13-,14+,15+,17-,18-/m1/s1. The third-order valence-electron chi connectivity index (χ3n) is 8.03. The number of carboxylic acids is 1. The zero-order chi connectivity index (χ0) is 27.1. The number of nitrogens with zero attached hydrogens (tertiary/aromatic N) is 6. The highest BCUT2D eigenvalue weighted by atomic mass is 32.2. The molecule has 206 valence electrons. The van der Waals surface area contributed by atoms with E-state index in [2.05, 4.69) is 26.2 Å². The van der Waals surface area contributed by atoms with Gasteiger partial charge in [-0.2, -0.15) is 0 Å². The molecule has 38 heavy (non-hydrogen) atoms. The van der Waals surface area contributed by atoms with Gasteiger partial charge in [0.2, 0.25) is 17.7 Å². The summed E-state index contributed by atoms with van der Waals surface area (Å²) in [6.45, 7) is 5.32. The molecule has 7 atom stereocenters. The molecule has 5 heterocycles. The van der Waals surface area contributed by atoms with Crippen LogP contribution in [0.5, 0.6) is 0 Å². The summed E-state index contributed by atoms with van der Waals surface area (Å²) in [6.07, 6.45) is 3.77. The Bertz CT molecular complexity index is 1140. The summed E-state index contributed by atoms with van der Waals surface area (Å²) in [6, 6.07) is -1.11. The number of carbonyl (C=O) groups is 4. The number of nitrogens with one attached hydrogen (secondary N) is 2. The van der Waals surface area contributed by atoms with Crippen molar-refractivity contribution in [2.75, 3.05) is 19.6 Å². The quantitative estimate of drug-likeness (QED) is 0.260. The van der Waals surface area contributed by atoms with Gasteiger partial charge in [-0.15, -0.1) is 16.9 Å². The molecule has 3 saturated heterocycles. The number of fused-ring (bicyclic) bond motifs is 1. The Labute approximate surface area is 223 Å². The van der Waals surface area contributed by atoms with Gasteiger partial charge >= 0.3 is 5.97 Å². The maximum Gasteiger partial charge on any atom is 0.353 e. The number of hydrogen-bond acceptors (Lipinski definition) is 10. The molecule has 1 aromatic rings. The second-order valence-electron chi connectivity index (χ2n) is 10.4. The Morgan fingerprint density at radius 3 is 2.84 bits per heavy atom. The van der Waals surface area contributed by atoms with Crippen LogP contribution in [-0.2, 0) is 25.7 Å². The van der Waals surface area contributed by atoms with Gasteiger partial charge in [0.05, 0.1) is 18.0 Å². The lowest BCUT2D eigenvalue weighted by atomic mass is 9.78. The summed E-state index contributed by atoms with van der Waals surface area (Å²) in [7, 11) is 0. The number of thioether (sulfide) groups is 1. The number of aliphatic carboxylic acids is 1. The van der Waals surface area contributed by atoms with Crippen molar-refractivity contribution < 1.29 is 24.3 Å². The number of β-lactam (4-membered cyclic amide) rings is 1. The Hall–Kier alpha value is -3.04. The minimum Gasteiger partial charge on any atom is -0.477 e. The van der Waals surface area contributed by atoms with E-state index in [1.165, 1.54) is 27.7 Å². The normalized spacial score (nSPS) is 31.4. The van der Waals surface area contributed by atoms with E-state index < -0.39 is 17.9 Å². The average Bonchev–Trinajstić information content (AvgIpc) is 3.66. The maximum atomic E-state index is 13.1. The van der Waals surface area contributed by atoms with Crippen molar-refractivity contribution in [3.8, 4) is 0 Å². The highest BCUT2D eigenvalue weighted by Crippen LogP contribution is 2.51. The van der Waals surface area contributed by atoms with E-state index in [9.17, 15) is 24.3 Å². The van der Waals surface area contributed by atoms with Crippen LogP contribution in [0.1, 0.15) is 33.1 Å². The fourth-order valence-electron chi connectivity index (χ4n) is 6.22. The SMILES string of the molecule is C[C@@H](NC(=O)Cn1cnnn1)[C@H]1C(=O)N2C(C(=O)O)=C(S[C@@H]3CN[C@H](C(=O)N4CCC[C@@H]4CN)C3)[C@H](C)[C@H]12. The second kappa shape index (κ2) is 10.6. The van der Waals surface area contributed by atoms with Crippen LogP contribution in [0.3, 0.4) is 0 Å². The third-order valence-corrected chi connectivity index (χ3v) is 9.54. The zero-order valence-corrected chi connectivity index (χ0v) is 22.1. The fraction of sp³-hybridized carbons (Fsp3) is 0.696. The molecule has 14 nitrogen and oxygen atoms in total. The van der Waals surface area contributed by atoms with E-state index in [0.29, 0.717) is 31.0 Å². The molecule has 0 radical (unpaired) electrons. The summed E-state index contributed by atoms with van der Waals surface area (Å²) in [5.41, 5.74) is 5.86. The predicted octanol–water partition coefficient (Wildman–Crippen LogP) is -1.64. The van der Waals surface area contributed by atoms with Crippen molar-refractivity contribution in [2.45, 2.75) is 69.1 Å². The molecule has 5 N–H and O–H groups in total. The van der Waals surface area contributed by atoms with Gasteiger partial charge in [-0.1, -0.05) is 6.92 Å². The molecular weight excluding hydrogens is 514 g/mol. The first-order chi connectivity index (χ1) is 18.2. The third kappa shape index (κ3) is 4.66. The van der Waals surface area contributed by atoms with Crippen molar-refractivity contribution in [2.24, 2.45) is 17.6 Å². The molecule has 4 aliphatic heterocycles. The van der Waals surface area contributed by atoms with E-state index in [1.807, 2.05) is 11.8 Å². The minimum atomic E-state index is -1.15. The van der Waals surface area contributed by atoms with E-state index in [0.717, 1.165) is 12.8 Å². The Balaban J connectivity index is 1.24. The van der Waals surface area contributed by atoms with Gasteiger partial charge < -0.3 is 31.3 Å². The average molecular weight is 548 g/mol. The topological polar surface area (TPSA) is 189 Å². The fourth-order valence-corrected chi connectivity index (χ4v) is 7.70. The van der Waals surface area contributed by atoms with Crippen LogP contribution >= 0.6 is 11.8 Å². The number of nitrogens with two attached hydrogens (primary N) is 1. The summed E-state index contributed by atoms with van der Waals surface area (Å²) >= 11 is 1.44.